The van der Waals surface area contributed by atoms with Gasteiger partial charge >= 0.3 is 0 Å². The standard InChI is InChI=1S/C12H21N/c1-5-7-10-13-12(6-2)9-8-11(3)4/h6,8-9,13H,3,5,7,10H2,1-2,4H3/b9-8-,12-6+. The predicted molar refractivity (Wildman–Crippen MR) is 60.6 cm³/mol. The van der Waals surface area contributed by atoms with E-state index in [0.29, 0.717) is 0 Å². The van der Waals surface area contributed by atoms with E-state index in [2.05, 4.69) is 31.0 Å². The van der Waals surface area contributed by atoms with Gasteiger partial charge in [-0.3, -0.25) is 0 Å². The minimum atomic E-state index is 1.05. The van der Waals surface area contributed by atoms with Gasteiger partial charge in [0.15, 0.2) is 0 Å². The van der Waals surface area contributed by atoms with Crippen molar-refractivity contribution in [3.8, 4) is 0 Å². The molecule has 0 spiro atoms. The minimum Gasteiger partial charge on any atom is -0.385 e. The Morgan fingerprint density at radius 3 is 2.54 bits per heavy atom. The zero-order valence-electron chi connectivity index (χ0n) is 9.06. The van der Waals surface area contributed by atoms with Crippen LogP contribution in [-0.4, -0.2) is 6.54 Å². The lowest BCUT2D eigenvalue weighted by Gasteiger charge is -2.05. The van der Waals surface area contributed by atoms with Crippen LogP contribution in [0.5, 0.6) is 0 Å². The van der Waals surface area contributed by atoms with Crippen molar-refractivity contribution in [2.24, 2.45) is 0 Å². The highest BCUT2D eigenvalue weighted by molar-refractivity contribution is 5.23. The monoisotopic (exact) mass is 179 g/mol. The van der Waals surface area contributed by atoms with Crippen LogP contribution >= 0.6 is 0 Å². The Labute approximate surface area is 82.2 Å². The van der Waals surface area contributed by atoms with Gasteiger partial charge < -0.3 is 5.32 Å². The molecule has 0 heterocycles. The second-order valence-electron chi connectivity index (χ2n) is 3.20. The average Bonchev–Trinajstić information content (AvgIpc) is 2.10. The third-order valence-electron chi connectivity index (χ3n) is 1.72. The first-order valence-electron chi connectivity index (χ1n) is 4.94. The lowest BCUT2D eigenvalue weighted by atomic mass is 10.2. The minimum absolute atomic E-state index is 1.05. The number of allylic oxidation sites excluding steroid dienone is 4. The van der Waals surface area contributed by atoms with Gasteiger partial charge in [-0.05, 0) is 26.3 Å². The smallest absolute Gasteiger partial charge is 0.0296 e. The molecule has 0 amide bonds. The number of unbranched alkanes of at least 4 members (excludes halogenated alkanes) is 1. The Morgan fingerprint density at radius 1 is 1.38 bits per heavy atom. The maximum atomic E-state index is 3.82. The van der Waals surface area contributed by atoms with Crippen molar-refractivity contribution in [1.82, 2.24) is 5.32 Å². The molecule has 13 heavy (non-hydrogen) atoms. The third kappa shape index (κ3) is 7.38. The third-order valence-corrected chi connectivity index (χ3v) is 1.72. The summed E-state index contributed by atoms with van der Waals surface area (Å²) in [6, 6.07) is 0. The zero-order valence-corrected chi connectivity index (χ0v) is 9.06. The van der Waals surface area contributed by atoms with Crippen LogP contribution < -0.4 is 5.32 Å². The first kappa shape index (κ1) is 12.0. The zero-order chi connectivity index (χ0) is 10.1. The van der Waals surface area contributed by atoms with Gasteiger partial charge in [-0.15, -0.1) is 0 Å². The highest BCUT2D eigenvalue weighted by atomic mass is 14.9. The summed E-state index contributed by atoms with van der Waals surface area (Å²) in [6.07, 6.45) is 8.62. The summed E-state index contributed by atoms with van der Waals surface area (Å²) in [4.78, 5) is 0. The quantitative estimate of drug-likeness (QED) is 0.486. The van der Waals surface area contributed by atoms with E-state index in [1.807, 2.05) is 19.9 Å². The second kappa shape index (κ2) is 7.66. The average molecular weight is 179 g/mol. The van der Waals surface area contributed by atoms with Gasteiger partial charge in [0.05, 0.1) is 0 Å². The summed E-state index contributed by atoms with van der Waals surface area (Å²) in [7, 11) is 0. The Bertz CT molecular complexity index is 199. The Hall–Kier alpha value is -0.980. The van der Waals surface area contributed by atoms with Crippen LogP contribution in [-0.2, 0) is 0 Å². The van der Waals surface area contributed by atoms with E-state index in [9.17, 15) is 0 Å². The van der Waals surface area contributed by atoms with E-state index in [1.54, 1.807) is 0 Å². The molecule has 0 aromatic rings. The van der Waals surface area contributed by atoms with Gasteiger partial charge in [0.2, 0.25) is 0 Å². The normalized spacial score (nSPS) is 12.1. The van der Waals surface area contributed by atoms with Crippen molar-refractivity contribution in [2.75, 3.05) is 6.54 Å². The number of hydrogen-bond donors (Lipinski definition) is 1. The molecule has 0 aromatic heterocycles. The SMILES string of the molecule is C=C(C)/C=C\C(=C/C)NCCCC. The van der Waals surface area contributed by atoms with Crippen molar-refractivity contribution in [3.63, 3.8) is 0 Å². The van der Waals surface area contributed by atoms with E-state index in [1.165, 1.54) is 18.5 Å². The molecule has 0 aliphatic heterocycles. The second-order valence-corrected chi connectivity index (χ2v) is 3.20. The maximum Gasteiger partial charge on any atom is 0.0296 e. The van der Waals surface area contributed by atoms with E-state index in [0.717, 1.165) is 12.1 Å². The fourth-order valence-corrected chi connectivity index (χ4v) is 0.899. The molecule has 0 radical (unpaired) electrons. The molecule has 0 saturated heterocycles. The molecule has 0 atom stereocenters. The van der Waals surface area contributed by atoms with E-state index >= 15 is 0 Å². The van der Waals surface area contributed by atoms with Crippen LogP contribution in [0.4, 0.5) is 0 Å². The molecule has 0 fully saturated rings. The molecule has 0 aromatic carbocycles. The van der Waals surface area contributed by atoms with Gasteiger partial charge in [0, 0.05) is 12.2 Å². The Kier molecular flexibility index (Phi) is 7.08. The summed E-state index contributed by atoms with van der Waals surface area (Å²) >= 11 is 0. The fraction of sp³-hybridized carbons (Fsp3) is 0.500. The highest BCUT2D eigenvalue weighted by Crippen LogP contribution is 1.97. The van der Waals surface area contributed by atoms with Crippen LogP contribution in [0.1, 0.15) is 33.6 Å². The van der Waals surface area contributed by atoms with Crippen LogP contribution in [0, 0.1) is 0 Å². The summed E-state index contributed by atoms with van der Waals surface area (Å²) in [6.45, 7) is 11.1. The van der Waals surface area contributed by atoms with Crippen molar-refractivity contribution in [1.29, 1.82) is 0 Å². The molecule has 1 nitrogen and oxygen atoms in total. The van der Waals surface area contributed by atoms with Crippen molar-refractivity contribution < 1.29 is 0 Å². The lowest BCUT2D eigenvalue weighted by Crippen LogP contribution is -2.12. The van der Waals surface area contributed by atoms with Gasteiger partial charge in [-0.1, -0.05) is 37.6 Å². The molecule has 0 bridgehead atoms. The number of hydrogen-bond acceptors (Lipinski definition) is 1. The van der Waals surface area contributed by atoms with E-state index in [4.69, 9.17) is 0 Å². The van der Waals surface area contributed by atoms with Gasteiger partial charge in [0.1, 0.15) is 0 Å². The molecule has 0 saturated carbocycles. The van der Waals surface area contributed by atoms with Gasteiger partial charge in [-0.25, -0.2) is 0 Å². The molecule has 1 N–H and O–H groups in total. The van der Waals surface area contributed by atoms with Crippen LogP contribution in [0.2, 0.25) is 0 Å². The molecular formula is C12H21N. The molecule has 0 unspecified atom stereocenters. The number of rotatable bonds is 6. The Morgan fingerprint density at radius 2 is 2.08 bits per heavy atom. The summed E-state index contributed by atoms with van der Waals surface area (Å²) in [5, 5.41) is 3.36. The Balaban J connectivity index is 3.84. The van der Waals surface area contributed by atoms with Crippen molar-refractivity contribution >= 4 is 0 Å². The van der Waals surface area contributed by atoms with E-state index in [-0.39, 0.29) is 0 Å². The van der Waals surface area contributed by atoms with Crippen molar-refractivity contribution in [2.45, 2.75) is 33.6 Å². The van der Waals surface area contributed by atoms with Crippen molar-refractivity contribution in [3.05, 3.63) is 36.1 Å². The number of nitrogens with one attached hydrogen (secondary N) is 1. The molecule has 1 heteroatoms. The summed E-state index contributed by atoms with van der Waals surface area (Å²) < 4.78 is 0. The molecule has 0 aliphatic carbocycles. The fourth-order valence-electron chi connectivity index (χ4n) is 0.899. The molecule has 0 aliphatic rings. The summed E-state index contributed by atoms with van der Waals surface area (Å²) in [5.74, 6) is 0. The molecule has 74 valence electrons. The topological polar surface area (TPSA) is 12.0 Å². The highest BCUT2D eigenvalue weighted by Gasteiger charge is 1.88. The lowest BCUT2D eigenvalue weighted by molar-refractivity contribution is 0.719. The van der Waals surface area contributed by atoms with Crippen LogP contribution in [0.3, 0.4) is 0 Å². The maximum absolute atomic E-state index is 3.82. The van der Waals surface area contributed by atoms with E-state index < -0.39 is 0 Å². The first-order valence-corrected chi connectivity index (χ1v) is 4.94. The summed E-state index contributed by atoms with van der Waals surface area (Å²) in [5.41, 5.74) is 2.26. The van der Waals surface area contributed by atoms with Gasteiger partial charge in [0.25, 0.3) is 0 Å². The first-order chi connectivity index (χ1) is 6.20. The largest absolute Gasteiger partial charge is 0.385 e. The predicted octanol–water partition coefficient (Wildman–Crippen LogP) is 3.41. The van der Waals surface area contributed by atoms with Gasteiger partial charge in [-0.2, -0.15) is 0 Å². The van der Waals surface area contributed by atoms with Crippen LogP contribution in [0.25, 0.3) is 0 Å². The molecular weight excluding hydrogens is 158 g/mol. The molecule has 0 rings (SSSR count). The van der Waals surface area contributed by atoms with Crippen LogP contribution in [0.15, 0.2) is 36.1 Å².